The number of rotatable bonds is 15. The molecule has 0 aliphatic carbocycles. The van der Waals surface area contributed by atoms with Crippen molar-refractivity contribution in [3.05, 3.63) is 59.3 Å². The van der Waals surface area contributed by atoms with E-state index >= 15 is 0 Å². The molecule has 1 unspecified atom stereocenters. The van der Waals surface area contributed by atoms with Crippen LogP contribution in [0.15, 0.2) is 42.5 Å². The molecular formula is C32H46N4O5. The number of fused-ring (bicyclic) bond motifs is 1. The Labute approximate surface area is 244 Å². The number of unbranched alkanes of at least 4 members (excludes halogenated alkanes) is 1. The summed E-state index contributed by atoms with van der Waals surface area (Å²) in [6, 6.07) is 12.8. The summed E-state index contributed by atoms with van der Waals surface area (Å²) >= 11 is 0. The molecule has 3 N–H and O–H groups in total. The smallest absolute Gasteiger partial charge is 0.326 e. The molecule has 2 aromatic rings. The lowest BCUT2D eigenvalue weighted by Gasteiger charge is -2.41. The van der Waals surface area contributed by atoms with Gasteiger partial charge in [0, 0.05) is 25.3 Å². The van der Waals surface area contributed by atoms with Gasteiger partial charge >= 0.3 is 5.97 Å². The third-order valence-electron chi connectivity index (χ3n) is 7.85. The van der Waals surface area contributed by atoms with Gasteiger partial charge in [0.05, 0.1) is 25.4 Å². The molecule has 1 atom stereocenters. The molecule has 0 saturated carbocycles. The van der Waals surface area contributed by atoms with E-state index in [1.54, 1.807) is 0 Å². The van der Waals surface area contributed by atoms with Gasteiger partial charge < -0.3 is 30.1 Å². The van der Waals surface area contributed by atoms with E-state index in [9.17, 15) is 14.7 Å². The van der Waals surface area contributed by atoms with Crippen LogP contribution in [-0.4, -0.2) is 84.5 Å². The highest BCUT2D eigenvalue weighted by atomic mass is 16.5. The fourth-order valence-electron chi connectivity index (χ4n) is 5.32. The average Bonchev–Trinajstić information content (AvgIpc) is 2.92. The molecule has 1 amide bonds. The maximum absolute atomic E-state index is 13.3. The van der Waals surface area contributed by atoms with Gasteiger partial charge in [-0.25, -0.2) is 9.78 Å². The maximum atomic E-state index is 13.3. The van der Waals surface area contributed by atoms with E-state index in [4.69, 9.17) is 14.5 Å². The third kappa shape index (κ3) is 8.74. The second-order valence-corrected chi connectivity index (χ2v) is 12.2. The molecule has 9 nitrogen and oxygen atoms in total. The highest BCUT2D eigenvalue weighted by Crippen LogP contribution is 2.33. The summed E-state index contributed by atoms with van der Waals surface area (Å²) in [5, 5.41) is 16.2. The first-order valence-electron chi connectivity index (χ1n) is 14.9. The number of carboxylic acid groups (broad SMARTS) is 1. The molecule has 9 heteroatoms. The molecular weight excluding hydrogens is 520 g/mol. The van der Waals surface area contributed by atoms with Crippen LogP contribution >= 0.6 is 0 Å². The molecule has 0 spiro atoms. The van der Waals surface area contributed by atoms with Crippen molar-refractivity contribution in [3.63, 3.8) is 0 Å². The van der Waals surface area contributed by atoms with Crippen LogP contribution in [0.4, 0.5) is 5.82 Å². The zero-order valence-corrected chi connectivity index (χ0v) is 24.8. The van der Waals surface area contributed by atoms with Crippen LogP contribution in [0, 0.1) is 0 Å². The molecule has 224 valence electrons. The van der Waals surface area contributed by atoms with Crippen LogP contribution in [0.3, 0.4) is 0 Å². The van der Waals surface area contributed by atoms with Crippen LogP contribution in [0.5, 0.6) is 0 Å². The molecule has 0 radical (unpaired) electrons. The number of hydrogen-bond donors (Lipinski definition) is 3. The third-order valence-corrected chi connectivity index (χ3v) is 7.85. The normalized spacial score (nSPS) is 16.8. The molecule has 0 bridgehead atoms. The van der Waals surface area contributed by atoms with Gasteiger partial charge in [-0.1, -0.05) is 36.4 Å². The zero-order valence-electron chi connectivity index (χ0n) is 24.8. The second kappa shape index (κ2) is 14.2. The van der Waals surface area contributed by atoms with E-state index in [1.165, 1.54) is 5.56 Å². The average molecular weight is 567 g/mol. The number of carboxylic acids is 1. The predicted octanol–water partition coefficient (Wildman–Crippen LogP) is 3.81. The number of ether oxygens (including phenoxy) is 2. The van der Waals surface area contributed by atoms with E-state index in [-0.39, 0.29) is 24.7 Å². The summed E-state index contributed by atoms with van der Waals surface area (Å²) in [7, 11) is 0. The number of hydrogen-bond acceptors (Lipinski definition) is 7. The largest absolute Gasteiger partial charge is 0.480 e. The van der Waals surface area contributed by atoms with E-state index in [1.807, 2.05) is 51.1 Å². The monoisotopic (exact) mass is 566 g/mol. The van der Waals surface area contributed by atoms with Crippen molar-refractivity contribution in [2.45, 2.75) is 76.4 Å². The summed E-state index contributed by atoms with van der Waals surface area (Å²) in [5.41, 5.74) is 2.16. The number of amides is 1. The minimum atomic E-state index is -1.03. The number of aryl methyl sites for hydroxylation is 2. The number of nitrogens with one attached hydrogen (secondary N) is 2. The Balaban J connectivity index is 1.31. The maximum Gasteiger partial charge on any atom is 0.326 e. The number of anilines is 1. The molecule has 2 aliphatic rings. The van der Waals surface area contributed by atoms with Crippen molar-refractivity contribution >= 4 is 17.7 Å². The van der Waals surface area contributed by atoms with Crippen molar-refractivity contribution < 1.29 is 24.2 Å². The van der Waals surface area contributed by atoms with Gasteiger partial charge in [-0.3, -0.25) is 4.79 Å². The van der Waals surface area contributed by atoms with Crippen LogP contribution in [0.1, 0.15) is 63.3 Å². The van der Waals surface area contributed by atoms with Gasteiger partial charge in [0.15, 0.2) is 0 Å². The summed E-state index contributed by atoms with van der Waals surface area (Å²) < 4.78 is 11.4. The number of aromatic nitrogens is 1. The summed E-state index contributed by atoms with van der Waals surface area (Å²) in [6.45, 7) is 10.2. The Morgan fingerprint density at radius 1 is 1.12 bits per heavy atom. The van der Waals surface area contributed by atoms with Gasteiger partial charge in [-0.15, -0.1) is 0 Å². The Hall–Kier alpha value is -3.01. The number of aliphatic carboxylic acids is 1. The van der Waals surface area contributed by atoms with Crippen LogP contribution < -0.4 is 10.6 Å². The molecule has 1 fully saturated rings. The number of carbonyl (C=O) groups excluding carboxylic acids is 1. The van der Waals surface area contributed by atoms with Crippen LogP contribution in [0.2, 0.25) is 0 Å². The molecule has 4 rings (SSSR count). The first-order valence-corrected chi connectivity index (χ1v) is 14.9. The fourth-order valence-corrected chi connectivity index (χ4v) is 5.32. The lowest BCUT2D eigenvalue weighted by atomic mass is 9.77. The van der Waals surface area contributed by atoms with Gasteiger partial charge in [0.1, 0.15) is 17.3 Å². The van der Waals surface area contributed by atoms with Crippen LogP contribution in [-0.2, 0) is 37.3 Å². The number of nitrogens with zero attached hydrogens (tertiary/aromatic N) is 2. The summed E-state index contributed by atoms with van der Waals surface area (Å²) in [5.74, 6) is -0.296. The van der Waals surface area contributed by atoms with Crippen molar-refractivity contribution in [2.75, 3.05) is 51.3 Å². The van der Waals surface area contributed by atoms with E-state index in [0.717, 1.165) is 62.3 Å². The van der Waals surface area contributed by atoms with E-state index in [2.05, 4.69) is 27.7 Å². The molecule has 1 aromatic carbocycles. The summed E-state index contributed by atoms with van der Waals surface area (Å²) in [4.78, 5) is 32.6. The standard InChI is InChI=1S/C32H46N4O5/c1-31(2,3)41-21-20-36(18-8-7-13-26-15-14-24-10-9-17-33-28(24)34-26)19-16-27(29(37)38)35-30(39)32(22-40-23-32)25-11-5-4-6-12-25/h4-6,11-12,14-15,27H,7-10,13,16-23H2,1-3H3,(H,33,34)(H,35,39)(H,37,38). The topological polar surface area (TPSA) is 113 Å². The van der Waals surface area contributed by atoms with Gasteiger partial charge in [-0.2, -0.15) is 0 Å². The Bertz CT molecular complexity index is 1150. The highest BCUT2D eigenvalue weighted by molar-refractivity contribution is 5.92. The highest BCUT2D eigenvalue weighted by Gasteiger charge is 2.48. The second-order valence-electron chi connectivity index (χ2n) is 12.2. The SMILES string of the molecule is CC(C)(C)OCCN(CCCCc1ccc2c(n1)NCCC2)CCC(NC(=O)C1(c2ccccc2)COC1)C(=O)O. The number of benzene rings is 1. The lowest BCUT2D eigenvalue weighted by Crippen LogP contribution is -2.60. The predicted molar refractivity (Wildman–Crippen MR) is 159 cm³/mol. The number of carbonyl (C=O) groups is 2. The lowest BCUT2D eigenvalue weighted by molar-refractivity contribution is -0.151. The number of pyridine rings is 1. The van der Waals surface area contributed by atoms with Gasteiger partial charge in [-0.05, 0) is 83.0 Å². The van der Waals surface area contributed by atoms with Crippen molar-refractivity contribution in [3.8, 4) is 0 Å². The summed E-state index contributed by atoms with van der Waals surface area (Å²) in [6.07, 6.45) is 5.39. The Morgan fingerprint density at radius 3 is 2.59 bits per heavy atom. The quantitative estimate of drug-likeness (QED) is 0.279. The molecule has 2 aliphatic heterocycles. The Morgan fingerprint density at radius 2 is 1.90 bits per heavy atom. The van der Waals surface area contributed by atoms with Crippen molar-refractivity contribution in [2.24, 2.45) is 0 Å². The van der Waals surface area contributed by atoms with E-state index in [0.29, 0.717) is 26.1 Å². The van der Waals surface area contributed by atoms with Gasteiger partial charge in [0.2, 0.25) is 5.91 Å². The molecule has 3 heterocycles. The first kappa shape index (κ1) is 30.9. The zero-order chi connectivity index (χ0) is 29.3. The molecule has 1 aromatic heterocycles. The minimum Gasteiger partial charge on any atom is -0.480 e. The molecule has 1 saturated heterocycles. The van der Waals surface area contributed by atoms with E-state index < -0.39 is 17.4 Å². The van der Waals surface area contributed by atoms with Gasteiger partial charge in [0.25, 0.3) is 0 Å². The minimum absolute atomic E-state index is 0.244. The fraction of sp³-hybridized carbons (Fsp3) is 0.594. The van der Waals surface area contributed by atoms with Crippen molar-refractivity contribution in [1.82, 2.24) is 15.2 Å². The van der Waals surface area contributed by atoms with Crippen LogP contribution in [0.25, 0.3) is 0 Å². The first-order chi connectivity index (χ1) is 19.7. The molecule has 41 heavy (non-hydrogen) atoms. The van der Waals surface area contributed by atoms with Crippen molar-refractivity contribution in [1.29, 1.82) is 0 Å². The Kier molecular flexibility index (Phi) is 10.8.